The van der Waals surface area contributed by atoms with Crippen molar-refractivity contribution in [2.45, 2.75) is 6.92 Å². The lowest BCUT2D eigenvalue weighted by atomic mass is 10.2. The second-order valence-electron chi connectivity index (χ2n) is 4.80. The summed E-state index contributed by atoms with van der Waals surface area (Å²) in [4.78, 5) is 4.56. The highest BCUT2D eigenvalue weighted by atomic mass is 79.9. The van der Waals surface area contributed by atoms with Crippen molar-refractivity contribution >= 4 is 38.9 Å². The van der Waals surface area contributed by atoms with Gasteiger partial charge in [-0.2, -0.15) is 5.26 Å². The van der Waals surface area contributed by atoms with Crippen LogP contribution in [0.4, 0.5) is 0 Å². The summed E-state index contributed by atoms with van der Waals surface area (Å²) in [5.74, 6) is 1.01. The number of allylic oxidation sites excluding steroid dienone is 1. The summed E-state index contributed by atoms with van der Waals surface area (Å²) < 4.78 is 11.8. The topological polar surface area (TPSA) is 59.0 Å². The van der Waals surface area contributed by atoms with Gasteiger partial charge in [0.25, 0.3) is 5.95 Å². The number of halogens is 1. The van der Waals surface area contributed by atoms with E-state index in [0.29, 0.717) is 28.9 Å². The molecule has 0 amide bonds. The molecule has 0 aliphatic rings. The van der Waals surface area contributed by atoms with Crippen molar-refractivity contribution in [1.82, 2.24) is 4.98 Å². The first-order valence-corrected chi connectivity index (χ1v) is 8.93. The Morgan fingerprint density at radius 3 is 2.83 bits per heavy atom. The van der Waals surface area contributed by atoms with Gasteiger partial charge in [-0.25, -0.2) is 4.98 Å². The van der Waals surface area contributed by atoms with Gasteiger partial charge < -0.3 is 9.15 Å². The number of nitriles is 1. The Kier molecular flexibility index (Phi) is 5.14. The molecule has 24 heavy (non-hydrogen) atoms. The molecule has 3 aromatic rings. The van der Waals surface area contributed by atoms with Crippen molar-refractivity contribution in [2.24, 2.45) is 0 Å². The van der Waals surface area contributed by atoms with Crippen LogP contribution in [0, 0.1) is 11.3 Å². The van der Waals surface area contributed by atoms with Crippen molar-refractivity contribution in [3.8, 4) is 23.3 Å². The van der Waals surface area contributed by atoms with Crippen molar-refractivity contribution in [2.75, 3.05) is 6.61 Å². The van der Waals surface area contributed by atoms with Gasteiger partial charge >= 0.3 is 0 Å². The van der Waals surface area contributed by atoms with Crippen LogP contribution in [-0.2, 0) is 0 Å². The molecule has 0 bridgehead atoms. The van der Waals surface area contributed by atoms with E-state index in [2.05, 4.69) is 27.0 Å². The van der Waals surface area contributed by atoms with Gasteiger partial charge in [0.15, 0.2) is 0 Å². The molecule has 2 aromatic heterocycles. The lowest BCUT2D eigenvalue weighted by Gasteiger charge is -1.97. The van der Waals surface area contributed by atoms with Gasteiger partial charge in [0.1, 0.15) is 16.8 Å². The number of benzene rings is 1. The highest BCUT2D eigenvalue weighted by molar-refractivity contribution is 9.10. The van der Waals surface area contributed by atoms with Crippen LogP contribution in [0.1, 0.15) is 17.7 Å². The fourth-order valence-electron chi connectivity index (χ4n) is 2.07. The van der Waals surface area contributed by atoms with Crippen LogP contribution < -0.4 is 4.74 Å². The standard InChI is InChI=1S/C18H13BrN2O2S/c1-2-22-17-8-7-15(23-17)9-13(10-20)18-21-16(11-24-18)12-3-5-14(19)6-4-12/h3-9,11H,2H2,1H3. The fraction of sp³-hybridized carbons (Fsp3) is 0.111. The number of hydrogen-bond donors (Lipinski definition) is 0. The molecule has 1 aromatic carbocycles. The number of thiazole rings is 1. The summed E-state index contributed by atoms with van der Waals surface area (Å²) in [6.07, 6.45) is 1.67. The Bertz CT molecular complexity index is 904. The first-order valence-electron chi connectivity index (χ1n) is 7.26. The second kappa shape index (κ2) is 7.47. The van der Waals surface area contributed by atoms with Gasteiger partial charge in [0.2, 0.25) is 0 Å². The molecule has 0 N–H and O–H groups in total. The van der Waals surface area contributed by atoms with Gasteiger partial charge in [0.05, 0.1) is 17.9 Å². The summed E-state index contributed by atoms with van der Waals surface area (Å²) in [5.41, 5.74) is 2.31. The molecule has 0 unspecified atom stereocenters. The molecule has 6 heteroatoms. The maximum Gasteiger partial charge on any atom is 0.284 e. The molecule has 120 valence electrons. The Morgan fingerprint density at radius 2 is 2.12 bits per heavy atom. The summed E-state index contributed by atoms with van der Waals surface area (Å²) >= 11 is 4.85. The van der Waals surface area contributed by atoms with E-state index >= 15 is 0 Å². The van der Waals surface area contributed by atoms with Crippen LogP contribution in [0.2, 0.25) is 0 Å². The van der Waals surface area contributed by atoms with Gasteiger partial charge in [-0.3, -0.25) is 0 Å². The van der Waals surface area contributed by atoms with E-state index in [1.54, 1.807) is 18.2 Å². The van der Waals surface area contributed by atoms with Gasteiger partial charge in [-0.05, 0) is 25.1 Å². The number of hydrogen-bond acceptors (Lipinski definition) is 5. The van der Waals surface area contributed by atoms with E-state index in [1.165, 1.54) is 11.3 Å². The molecule has 3 rings (SSSR count). The van der Waals surface area contributed by atoms with E-state index < -0.39 is 0 Å². The molecular weight excluding hydrogens is 388 g/mol. The quantitative estimate of drug-likeness (QED) is 0.520. The SMILES string of the molecule is CCOc1ccc(C=C(C#N)c2nc(-c3ccc(Br)cc3)cs2)o1. The zero-order valence-electron chi connectivity index (χ0n) is 12.8. The molecule has 0 aliphatic heterocycles. The second-order valence-corrected chi connectivity index (χ2v) is 6.58. The van der Waals surface area contributed by atoms with E-state index in [-0.39, 0.29) is 0 Å². The summed E-state index contributed by atoms with van der Waals surface area (Å²) in [7, 11) is 0. The lowest BCUT2D eigenvalue weighted by molar-refractivity contribution is 0.256. The maximum absolute atomic E-state index is 9.44. The molecular formula is C18H13BrN2O2S. The lowest BCUT2D eigenvalue weighted by Crippen LogP contribution is -1.87. The Morgan fingerprint density at radius 1 is 1.33 bits per heavy atom. The first kappa shape index (κ1) is 16.5. The van der Waals surface area contributed by atoms with Crippen LogP contribution in [0.3, 0.4) is 0 Å². The molecule has 0 spiro atoms. The summed E-state index contributed by atoms with van der Waals surface area (Å²) in [6, 6.07) is 13.6. The highest BCUT2D eigenvalue weighted by Crippen LogP contribution is 2.28. The Hall–Kier alpha value is -2.36. The van der Waals surface area contributed by atoms with Crippen LogP contribution >= 0.6 is 27.3 Å². The largest absolute Gasteiger partial charge is 0.465 e. The molecule has 0 radical (unpaired) electrons. The molecule has 0 saturated heterocycles. The van der Waals surface area contributed by atoms with Crippen molar-refractivity contribution in [3.63, 3.8) is 0 Å². The first-order chi connectivity index (χ1) is 11.7. The van der Waals surface area contributed by atoms with Crippen molar-refractivity contribution in [3.05, 3.63) is 57.0 Å². The smallest absolute Gasteiger partial charge is 0.284 e. The van der Waals surface area contributed by atoms with E-state index in [1.807, 2.05) is 36.6 Å². The predicted octanol–water partition coefficient (Wildman–Crippen LogP) is 5.63. The maximum atomic E-state index is 9.44. The molecule has 4 nitrogen and oxygen atoms in total. The van der Waals surface area contributed by atoms with E-state index in [0.717, 1.165) is 15.7 Å². The molecule has 0 fully saturated rings. The number of furan rings is 1. The monoisotopic (exact) mass is 400 g/mol. The molecule has 0 atom stereocenters. The van der Waals surface area contributed by atoms with Crippen LogP contribution in [0.5, 0.6) is 5.95 Å². The summed E-state index contributed by atoms with van der Waals surface area (Å²) in [6.45, 7) is 2.42. The van der Waals surface area contributed by atoms with Crippen LogP contribution in [0.25, 0.3) is 22.9 Å². The number of aromatic nitrogens is 1. The van der Waals surface area contributed by atoms with Gasteiger partial charge in [0, 0.05) is 27.6 Å². The van der Waals surface area contributed by atoms with Gasteiger partial charge in [-0.15, -0.1) is 11.3 Å². The van der Waals surface area contributed by atoms with Crippen LogP contribution in [-0.4, -0.2) is 11.6 Å². The van der Waals surface area contributed by atoms with E-state index in [4.69, 9.17) is 9.15 Å². The van der Waals surface area contributed by atoms with Crippen molar-refractivity contribution in [1.29, 1.82) is 5.26 Å². The van der Waals surface area contributed by atoms with E-state index in [9.17, 15) is 5.26 Å². The zero-order chi connectivity index (χ0) is 16.9. The minimum Gasteiger partial charge on any atom is -0.465 e. The third kappa shape index (κ3) is 3.75. The average molecular weight is 401 g/mol. The third-order valence-corrected chi connectivity index (χ3v) is 4.57. The molecule has 0 saturated carbocycles. The minimum atomic E-state index is 0.440. The third-order valence-electron chi connectivity index (χ3n) is 3.17. The number of rotatable bonds is 5. The fourth-order valence-corrected chi connectivity index (χ4v) is 3.13. The zero-order valence-corrected chi connectivity index (χ0v) is 15.2. The number of ether oxygens (including phenoxy) is 1. The Balaban J connectivity index is 1.87. The molecule has 2 heterocycles. The predicted molar refractivity (Wildman–Crippen MR) is 98.6 cm³/mol. The average Bonchev–Trinajstić information content (AvgIpc) is 3.23. The molecule has 0 aliphatic carbocycles. The van der Waals surface area contributed by atoms with Gasteiger partial charge in [-0.1, -0.05) is 28.1 Å². The van der Waals surface area contributed by atoms with Crippen LogP contribution in [0.15, 0.2) is 50.7 Å². The Labute approximate surface area is 152 Å². The summed E-state index contributed by atoms with van der Waals surface area (Å²) in [5, 5.41) is 12.0. The normalized spacial score (nSPS) is 11.3. The minimum absolute atomic E-state index is 0.440. The highest BCUT2D eigenvalue weighted by Gasteiger charge is 2.10. The van der Waals surface area contributed by atoms with Crippen molar-refractivity contribution < 1.29 is 9.15 Å². The number of nitrogens with zero attached hydrogens (tertiary/aromatic N) is 2.